The molecule has 212 valence electrons. The fourth-order valence-corrected chi connectivity index (χ4v) is 4.57. The van der Waals surface area contributed by atoms with Gasteiger partial charge in [-0.15, -0.1) is 0 Å². The molecule has 0 saturated carbocycles. The molecule has 6 aromatic rings. The lowest BCUT2D eigenvalue weighted by Crippen LogP contribution is -2.20. The predicted molar refractivity (Wildman–Crippen MR) is 160 cm³/mol. The average molecular weight is 596 g/mol. The molecule has 0 N–H and O–H groups in total. The number of aromatic nitrogens is 2. The maximum atomic E-state index is 13.5. The molecule has 0 atom stereocenters. The van der Waals surface area contributed by atoms with E-state index in [0.29, 0.717) is 38.0 Å². The van der Waals surface area contributed by atoms with Crippen LogP contribution < -0.4 is 10.3 Å². The Morgan fingerprint density at radius 3 is 2.51 bits per heavy atom. The van der Waals surface area contributed by atoms with Gasteiger partial charge in [0, 0.05) is 34.2 Å². The summed E-state index contributed by atoms with van der Waals surface area (Å²) < 4.78 is 12.7. The summed E-state index contributed by atoms with van der Waals surface area (Å²) in [4.78, 5) is 39.7. The number of fused-ring (bicyclic) bond motifs is 2. The molecule has 0 aliphatic rings. The fourth-order valence-electron chi connectivity index (χ4n) is 4.39. The van der Waals surface area contributed by atoms with Crippen molar-refractivity contribution in [2.75, 3.05) is 0 Å². The molecule has 0 aliphatic carbocycles. The van der Waals surface area contributed by atoms with E-state index in [4.69, 9.17) is 20.8 Å². The number of furan rings is 1. The van der Waals surface area contributed by atoms with Crippen molar-refractivity contribution in [1.29, 1.82) is 0 Å². The van der Waals surface area contributed by atoms with Crippen LogP contribution in [0.25, 0.3) is 33.5 Å². The van der Waals surface area contributed by atoms with Crippen molar-refractivity contribution in [3.05, 3.63) is 138 Å². The van der Waals surface area contributed by atoms with Gasteiger partial charge in [0.15, 0.2) is 11.5 Å². The number of hydrogen-bond donors (Lipinski definition) is 0. The molecule has 0 radical (unpaired) electrons. The Labute approximate surface area is 246 Å². The van der Waals surface area contributed by atoms with Gasteiger partial charge in [-0.3, -0.25) is 25.0 Å². The molecule has 0 bridgehead atoms. The molecular weight excluding hydrogens is 578 g/mol. The molecule has 0 unspecified atom stereocenters. The quantitative estimate of drug-likeness (QED) is 0.106. The van der Waals surface area contributed by atoms with Crippen LogP contribution in [0, 0.1) is 20.2 Å². The van der Waals surface area contributed by atoms with Crippen molar-refractivity contribution in [3.8, 4) is 17.3 Å². The Morgan fingerprint density at radius 2 is 1.74 bits per heavy atom. The Kier molecular flexibility index (Phi) is 7.10. The number of nitrogens with zero attached hydrogens (tertiary/aromatic N) is 5. The lowest BCUT2D eigenvalue weighted by atomic mass is 10.2. The van der Waals surface area contributed by atoms with Crippen LogP contribution in [0.2, 0.25) is 5.02 Å². The Bertz CT molecular complexity index is 2140. The summed E-state index contributed by atoms with van der Waals surface area (Å²) >= 11 is 6.12. The molecule has 2 aromatic heterocycles. The number of nitro groups is 2. The average Bonchev–Trinajstić information content (AvgIpc) is 3.43. The molecule has 43 heavy (non-hydrogen) atoms. The van der Waals surface area contributed by atoms with E-state index in [0.717, 1.165) is 4.68 Å². The number of nitro benzene ring substituents is 2. The predicted octanol–water partition coefficient (Wildman–Crippen LogP) is 6.74. The number of non-ortho nitro benzene ring substituents is 1. The SMILES string of the molecule is O=c1c2ccccc2nc(-c2cc3cc(Cl)ccc3o2)n1N=Cc1ccc(OCc2ccc([N+](=O)[O-])cc2)c([N+](=O)[O-])c1. The summed E-state index contributed by atoms with van der Waals surface area (Å²) in [6.45, 7) is -0.0451. The van der Waals surface area contributed by atoms with Crippen molar-refractivity contribution in [2.24, 2.45) is 5.10 Å². The Balaban J connectivity index is 1.35. The largest absolute Gasteiger partial charge is 0.482 e. The summed E-state index contributed by atoms with van der Waals surface area (Å²) in [5.41, 5.74) is 1.02. The topological polar surface area (TPSA) is 156 Å². The minimum absolute atomic E-state index is 0.00772. The summed E-state index contributed by atoms with van der Waals surface area (Å²) in [5.74, 6) is 0.398. The third kappa shape index (κ3) is 5.54. The highest BCUT2D eigenvalue weighted by Crippen LogP contribution is 2.30. The van der Waals surface area contributed by atoms with Gasteiger partial charge in [0.2, 0.25) is 5.82 Å². The van der Waals surface area contributed by atoms with Crippen LogP contribution in [0.15, 0.2) is 105 Å². The van der Waals surface area contributed by atoms with Gasteiger partial charge < -0.3 is 9.15 Å². The third-order valence-corrected chi connectivity index (χ3v) is 6.73. The second-order valence-corrected chi connectivity index (χ2v) is 9.74. The number of para-hydroxylation sites is 1. The molecule has 0 saturated heterocycles. The lowest BCUT2D eigenvalue weighted by Gasteiger charge is -2.08. The van der Waals surface area contributed by atoms with E-state index < -0.39 is 15.4 Å². The molecule has 0 spiro atoms. The van der Waals surface area contributed by atoms with E-state index in [1.807, 2.05) is 0 Å². The zero-order valence-corrected chi connectivity index (χ0v) is 22.7. The van der Waals surface area contributed by atoms with Crippen LogP contribution in [0.1, 0.15) is 11.1 Å². The first-order valence-electron chi connectivity index (χ1n) is 12.7. The van der Waals surface area contributed by atoms with Crippen molar-refractivity contribution < 1.29 is 19.0 Å². The highest BCUT2D eigenvalue weighted by molar-refractivity contribution is 6.31. The second kappa shape index (κ2) is 11.2. The molecule has 6 rings (SSSR count). The zero-order valence-electron chi connectivity index (χ0n) is 21.9. The maximum absolute atomic E-state index is 13.5. The minimum Gasteiger partial charge on any atom is -0.482 e. The highest BCUT2D eigenvalue weighted by atomic mass is 35.5. The Hall–Kier alpha value is -5.88. The van der Waals surface area contributed by atoms with Crippen molar-refractivity contribution in [2.45, 2.75) is 6.61 Å². The van der Waals surface area contributed by atoms with E-state index in [1.54, 1.807) is 54.6 Å². The van der Waals surface area contributed by atoms with Gasteiger partial charge >= 0.3 is 5.69 Å². The van der Waals surface area contributed by atoms with Gasteiger partial charge in [0.1, 0.15) is 12.2 Å². The van der Waals surface area contributed by atoms with E-state index in [9.17, 15) is 25.0 Å². The summed E-state index contributed by atoms with van der Waals surface area (Å²) in [7, 11) is 0. The number of benzene rings is 4. The number of rotatable bonds is 8. The van der Waals surface area contributed by atoms with E-state index >= 15 is 0 Å². The molecule has 4 aromatic carbocycles. The van der Waals surface area contributed by atoms with Crippen molar-refractivity contribution in [3.63, 3.8) is 0 Å². The fraction of sp³-hybridized carbons (Fsp3) is 0.0333. The zero-order chi connectivity index (χ0) is 30.1. The third-order valence-electron chi connectivity index (χ3n) is 6.50. The molecule has 0 fully saturated rings. The van der Waals surface area contributed by atoms with E-state index in [-0.39, 0.29) is 35.3 Å². The first-order valence-corrected chi connectivity index (χ1v) is 13.0. The summed E-state index contributed by atoms with van der Waals surface area (Å²) in [5, 5.41) is 28.6. The van der Waals surface area contributed by atoms with Crippen LogP contribution in [0.4, 0.5) is 11.4 Å². The van der Waals surface area contributed by atoms with Crippen molar-refractivity contribution in [1.82, 2.24) is 9.66 Å². The van der Waals surface area contributed by atoms with E-state index in [2.05, 4.69) is 10.1 Å². The van der Waals surface area contributed by atoms with Crippen LogP contribution in [-0.2, 0) is 6.61 Å². The maximum Gasteiger partial charge on any atom is 0.311 e. The normalized spacial score (nSPS) is 11.4. The second-order valence-electron chi connectivity index (χ2n) is 9.30. The lowest BCUT2D eigenvalue weighted by molar-refractivity contribution is -0.386. The van der Waals surface area contributed by atoms with E-state index in [1.165, 1.54) is 42.6 Å². The van der Waals surface area contributed by atoms with Crippen LogP contribution in [0.5, 0.6) is 5.75 Å². The molecule has 13 heteroatoms. The van der Waals surface area contributed by atoms with Gasteiger partial charge in [0.05, 0.1) is 27.0 Å². The number of ether oxygens (including phenoxy) is 1. The molecular formula is C30H18ClN5O7. The molecule has 12 nitrogen and oxygen atoms in total. The highest BCUT2D eigenvalue weighted by Gasteiger charge is 2.18. The van der Waals surface area contributed by atoms with Crippen LogP contribution in [-0.4, -0.2) is 25.7 Å². The molecule has 0 amide bonds. The number of halogens is 1. The molecule has 2 heterocycles. The van der Waals surface area contributed by atoms with Gasteiger partial charge in [-0.2, -0.15) is 9.78 Å². The van der Waals surface area contributed by atoms with Gasteiger partial charge in [-0.1, -0.05) is 23.7 Å². The van der Waals surface area contributed by atoms with Crippen molar-refractivity contribution >= 4 is 51.1 Å². The first-order chi connectivity index (χ1) is 20.8. The van der Waals surface area contributed by atoms with Crippen LogP contribution >= 0.6 is 11.6 Å². The Morgan fingerprint density at radius 1 is 0.953 bits per heavy atom. The molecule has 0 aliphatic heterocycles. The van der Waals surface area contributed by atoms with Crippen LogP contribution in [0.3, 0.4) is 0 Å². The standard InChI is InChI=1S/C30H18ClN5O7/c31-21-8-12-26-20(14-21)15-28(43-26)29-33-24-4-2-1-3-23(24)30(37)34(29)32-16-19-7-11-27(25(13-19)36(40)41)42-17-18-5-9-22(10-6-18)35(38)39/h1-16H,17H2. The number of hydrogen-bond acceptors (Lipinski definition) is 9. The first kappa shape index (κ1) is 27.3. The monoisotopic (exact) mass is 595 g/mol. The van der Waals surface area contributed by atoms with Gasteiger partial charge in [-0.25, -0.2) is 4.98 Å². The summed E-state index contributed by atoms with van der Waals surface area (Å²) in [6, 6.07) is 23.5. The van der Waals surface area contributed by atoms with Gasteiger partial charge in [-0.05, 0) is 66.2 Å². The smallest absolute Gasteiger partial charge is 0.311 e. The minimum atomic E-state index is -0.600. The van der Waals surface area contributed by atoms with Gasteiger partial charge in [0.25, 0.3) is 11.2 Å². The summed E-state index contributed by atoms with van der Waals surface area (Å²) in [6.07, 6.45) is 1.30.